The molecular formula is C2N2O3S2. The molecule has 0 aromatic carbocycles. The van der Waals surface area contributed by atoms with Gasteiger partial charge < -0.3 is 0 Å². The van der Waals surface area contributed by atoms with Crippen LogP contribution in [0.25, 0.3) is 0 Å². The first-order valence-corrected chi connectivity index (χ1v) is 3.01. The molecule has 0 N–H and O–H groups in total. The second-order valence-corrected chi connectivity index (χ2v) is 1.52. The van der Waals surface area contributed by atoms with E-state index in [4.69, 9.17) is 10.5 Å². The molecule has 0 radical (unpaired) electrons. The Morgan fingerprint density at radius 3 is 1.78 bits per heavy atom. The van der Waals surface area contributed by atoms with E-state index in [2.05, 4.69) is 13.7 Å². The van der Waals surface area contributed by atoms with Crippen molar-refractivity contribution in [3.05, 3.63) is 0 Å². The average Bonchev–Trinajstić information content (AvgIpc) is 1.89. The molecule has 0 aromatic rings. The van der Waals surface area contributed by atoms with Gasteiger partial charge in [0.25, 0.3) is 0 Å². The van der Waals surface area contributed by atoms with Crippen molar-refractivity contribution in [1.82, 2.24) is 0 Å². The Morgan fingerprint density at radius 1 is 1.00 bits per heavy atom. The first kappa shape index (κ1) is 8.56. The zero-order chi connectivity index (χ0) is 6.95. The number of hydrogen-bond acceptors (Lipinski definition) is 7. The number of thiocyanates is 2. The Balaban J connectivity index is 2.79. The monoisotopic (exact) mass is 164 g/mol. The molecule has 0 saturated heterocycles. The smallest absolute Gasteiger partial charge is 0.166 e. The van der Waals surface area contributed by atoms with Gasteiger partial charge >= 0.3 is 0 Å². The van der Waals surface area contributed by atoms with Gasteiger partial charge in [-0.1, -0.05) is 0 Å². The summed E-state index contributed by atoms with van der Waals surface area (Å²) in [6.45, 7) is 0. The molecule has 0 fully saturated rings. The van der Waals surface area contributed by atoms with E-state index >= 15 is 0 Å². The molecule has 0 rings (SSSR count). The van der Waals surface area contributed by atoms with E-state index in [0.29, 0.717) is 24.1 Å². The van der Waals surface area contributed by atoms with Gasteiger partial charge in [-0.15, -0.1) is 8.67 Å². The first-order valence-electron chi connectivity index (χ1n) is 1.52. The maximum absolute atomic E-state index is 7.80. The van der Waals surface area contributed by atoms with E-state index in [1.165, 1.54) is 0 Å². The van der Waals surface area contributed by atoms with Crippen molar-refractivity contribution in [2.45, 2.75) is 0 Å². The number of rotatable bonds is 4. The quantitative estimate of drug-likeness (QED) is 0.202. The lowest BCUT2D eigenvalue weighted by atomic mass is 11.8. The predicted octanol–water partition coefficient (Wildman–Crippen LogP) is 1.12. The molecule has 0 saturated carbocycles. The Bertz CT molecular complexity index is 122. The van der Waals surface area contributed by atoms with Gasteiger partial charge in [0.15, 0.2) is 34.9 Å². The second kappa shape index (κ2) is 7.56. The van der Waals surface area contributed by atoms with Crippen LogP contribution >= 0.6 is 24.1 Å². The average molecular weight is 164 g/mol. The van der Waals surface area contributed by atoms with Gasteiger partial charge in [-0.05, 0) is 5.04 Å². The van der Waals surface area contributed by atoms with Crippen LogP contribution in [0.3, 0.4) is 0 Å². The molecule has 0 atom stereocenters. The van der Waals surface area contributed by atoms with E-state index in [1.54, 1.807) is 10.8 Å². The van der Waals surface area contributed by atoms with Crippen LogP contribution in [-0.4, -0.2) is 0 Å². The van der Waals surface area contributed by atoms with Crippen LogP contribution in [0.15, 0.2) is 0 Å². The van der Waals surface area contributed by atoms with Crippen molar-refractivity contribution in [2.24, 2.45) is 0 Å². The van der Waals surface area contributed by atoms with E-state index in [0.717, 1.165) is 0 Å². The number of hydrogen-bond donors (Lipinski definition) is 0. The highest BCUT2D eigenvalue weighted by molar-refractivity contribution is 7.99. The lowest BCUT2D eigenvalue weighted by Crippen LogP contribution is -1.78. The van der Waals surface area contributed by atoms with Crippen LogP contribution in [-0.2, 0) is 13.7 Å². The highest BCUT2D eigenvalue weighted by atomic mass is 32.2. The summed E-state index contributed by atoms with van der Waals surface area (Å²) in [4.78, 5) is 0. The molecule has 7 heteroatoms. The zero-order valence-electron chi connectivity index (χ0n) is 3.94. The molecule has 0 amide bonds. The van der Waals surface area contributed by atoms with Gasteiger partial charge in [0.05, 0.1) is 0 Å². The Kier molecular flexibility index (Phi) is 7.19. The minimum Gasteiger partial charge on any atom is -0.183 e. The summed E-state index contributed by atoms with van der Waals surface area (Å²) in [7, 11) is 0. The zero-order valence-corrected chi connectivity index (χ0v) is 5.57. The van der Waals surface area contributed by atoms with Crippen LogP contribution in [0.5, 0.6) is 0 Å². The molecule has 5 nitrogen and oxygen atoms in total. The highest BCUT2D eigenvalue weighted by Gasteiger charge is 1.87. The molecule has 0 aromatic heterocycles. The molecular weight excluding hydrogens is 164 g/mol. The Hall–Kier alpha value is -0.440. The van der Waals surface area contributed by atoms with Crippen molar-refractivity contribution < 1.29 is 13.7 Å². The first-order chi connectivity index (χ1) is 4.41. The topological polar surface area (TPSA) is 75.3 Å². The van der Waals surface area contributed by atoms with Crippen molar-refractivity contribution in [1.29, 1.82) is 10.5 Å². The molecule has 0 unspecified atom stereocenters. The Morgan fingerprint density at radius 2 is 1.44 bits per heavy atom. The molecule has 0 heterocycles. The molecule has 0 bridgehead atoms. The summed E-state index contributed by atoms with van der Waals surface area (Å²) in [5, 5.41) is 22.5. The summed E-state index contributed by atoms with van der Waals surface area (Å²) < 4.78 is 7.89. The fourth-order valence-electron chi connectivity index (χ4n) is 0.0695. The van der Waals surface area contributed by atoms with E-state index in [9.17, 15) is 0 Å². The van der Waals surface area contributed by atoms with Gasteiger partial charge in [-0.25, -0.2) is 0 Å². The van der Waals surface area contributed by atoms with Gasteiger partial charge in [0.2, 0.25) is 0 Å². The summed E-state index contributed by atoms with van der Waals surface area (Å²) >= 11 is 0.788. The van der Waals surface area contributed by atoms with Crippen LogP contribution in [0.1, 0.15) is 0 Å². The summed E-state index contributed by atoms with van der Waals surface area (Å²) in [6, 6.07) is 0. The third-order valence-electron chi connectivity index (χ3n) is 0.198. The maximum atomic E-state index is 7.80. The maximum Gasteiger partial charge on any atom is 0.166 e. The largest absolute Gasteiger partial charge is 0.183 e. The second-order valence-electron chi connectivity index (χ2n) is 0.553. The number of nitrogens with zero attached hydrogens (tertiary/aromatic N) is 2. The molecule has 0 aliphatic rings. The standard InChI is InChI=1S/C2N2O3S2/c3-1-8-6-5-7-9-2-4. The fourth-order valence-corrected chi connectivity index (χ4v) is 0.277. The third kappa shape index (κ3) is 7.56. The normalized spacial score (nSPS) is 7.78. The van der Waals surface area contributed by atoms with Crippen LogP contribution in [0.4, 0.5) is 0 Å². The van der Waals surface area contributed by atoms with Gasteiger partial charge in [-0.2, -0.15) is 10.5 Å². The van der Waals surface area contributed by atoms with E-state index in [1.807, 2.05) is 0 Å². The van der Waals surface area contributed by atoms with E-state index < -0.39 is 0 Å². The van der Waals surface area contributed by atoms with Crippen LogP contribution < -0.4 is 0 Å². The minimum atomic E-state index is 0.394. The van der Waals surface area contributed by atoms with Gasteiger partial charge in [0, 0.05) is 0 Å². The summed E-state index contributed by atoms with van der Waals surface area (Å²) in [6.07, 6.45) is 0. The molecule has 0 spiro atoms. The molecule has 0 aliphatic carbocycles. The van der Waals surface area contributed by atoms with Crippen molar-refractivity contribution in [2.75, 3.05) is 0 Å². The van der Waals surface area contributed by atoms with Crippen molar-refractivity contribution >= 4 is 24.1 Å². The van der Waals surface area contributed by atoms with Crippen LogP contribution in [0, 0.1) is 21.3 Å². The van der Waals surface area contributed by atoms with Crippen LogP contribution in [0.2, 0.25) is 0 Å². The SMILES string of the molecule is N#CSOOOSC#N. The number of nitriles is 2. The molecule has 0 aliphatic heterocycles. The molecule has 9 heavy (non-hydrogen) atoms. The molecule has 48 valence electrons. The fraction of sp³-hybridized carbons (Fsp3) is 0. The highest BCUT2D eigenvalue weighted by Crippen LogP contribution is 2.05. The van der Waals surface area contributed by atoms with Gasteiger partial charge in [-0.3, -0.25) is 0 Å². The Labute approximate surface area is 59.8 Å². The predicted molar refractivity (Wildman–Crippen MR) is 29.7 cm³/mol. The van der Waals surface area contributed by atoms with Crippen molar-refractivity contribution in [3.63, 3.8) is 0 Å². The van der Waals surface area contributed by atoms with Gasteiger partial charge in [0.1, 0.15) is 0 Å². The lowest BCUT2D eigenvalue weighted by molar-refractivity contribution is -0.395. The summed E-state index contributed by atoms with van der Waals surface area (Å²) in [5.74, 6) is 0. The third-order valence-corrected chi connectivity index (χ3v) is 0.594. The van der Waals surface area contributed by atoms with Crippen molar-refractivity contribution in [3.8, 4) is 10.8 Å². The lowest BCUT2D eigenvalue weighted by Gasteiger charge is -1.88. The minimum absolute atomic E-state index is 0.394. The van der Waals surface area contributed by atoms with E-state index in [-0.39, 0.29) is 0 Å². The summed E-state index contributed by atoms with van der Waals surface area (Å²) in [5.41, 5.74) is 0.